The molecule has 1 saturated heterocycles. The van der Waals surface area contributed by atoms with Crippen molar-refractivity contribution in [2.24, 2.45) is 5.92 Å². The second-order valence-corrected chi connectivity index (χ2v) is 7.94. The molecule has 4 heteroatoms. The van der Waals surface area contributed by atoms with E-state index in [0.717, 1.165) is 6.42 Å². The summed E-state index contributed by atoms with van der Waals surface area (Å²) < 4.78 is 24.5. The van der Waals surface area contributed by atoms with Gasteiger partial charge in [-0.1, -0.05) is 30.4 Å². The molecular weight excluding hydrogens is 240 g/mol. The van der Waals surface area contributed by atoms with Crippen LogP contribution >= 0.6 is 11.8 Å². The summed E-state index contributed by atoms with van der Waals surface area (Å²) in [6, 6.07) is 8.77. The molecule has 1 aromatic rings. The lowest BCUT2D eigenvalue weighted by molar-refractivity contribution is 0.580. The Morgan fingerprint density at radius 1 is 1.12 bits per heavy atom. The van der Waals surface area contributed by atoms with Gasteiger partial charge >= 0.3 is 0 Å². The number of benzene rings is 1. The van der Waals surface area contributed by atoms with Gasteiger partial charge in [0.2, 0.25) is 0 Å². The fraction of sp³-hybridized carbons (Fsp3) is 0.333. The van der Waals surface area contributed by atoms with Crippen molar-refractivity contribution in [1.29, 1.82) is 0 Å². The number of sulfone groups is 1. The van der Waals surface area contributed by atoms with Gasteiger partial charge in [0.05, 0.1) is 4.90 Å². The molecule has 2 nitrogen and oxygen atoms in total. The summed E-state index contributed by atoms with van der Waals surface area (Å²) in [5, 5.41) is 0.411. The highest BCUT2D eigenvalue weighted by Gasteiger charge is 2.44. The summed E-state index contributed by atoms with van der Waals surface area (Å²) >= 11 is 1.59. The van der Waals surface area contributed by atoms with Crippen LogP contribution in [0.2, 0.25) is 0 Å². The Kier molecular flexibility index (Phi) is 2.37. The zero-order chi connectivity index (χ0) is 11.2. The molecular formula is C12H12O2S2. The van der Waals surface area contributed by atoms with Crippen molar-refractivity contribution in [2.75, 3.05) is 0 Å². The third-order valence-corrected chi connectivity index (χ3v) is 7.41. The average Bonchev–Trinajstić information content (AvgIpc) is 2.92. The van der Waals surface area contributed by atoms with Crippen LogP contribution in [0.5, 0.6) is 0 Å². The fourth-order valence-corrected chi connectivity index (χ4v) is 6.39. The van der Waals surface area contributed by atoms with Crippen molar-refractivity contribution in [3.05, 3.63) is 42.5 Å². The largest absolute Gasteiger partial charge is 0.223 e. The Labute approximate surface area is 99.7 Å². The minimum Gasteiger partial charge on any atom is -0.223 e. The third kappa shape index (κ3) is 1.52. The molecule has 3 rings (SSSR count). The van der Waals surface area contributed by atoms with E-state index in [0.29, 0.717) is 10.1 Å². The van der Waals surface area contributed by atoms with Crippen LogP contribution in [-0.4, -0.2) is 18.2 Å². The molecule has 1 aliphatic carbocycles. The van der Waals surface area contributed by atoms with Gasteiger partial charge in [-0.25, -0.2) is 8.42 Å². The molecule has 0 saturated carbocycles. The zero-order valence-corrected chi connectivity index (χ0v) is 10.2. The molecule has 1 aliphatic heterocycles. The Balaban J connectivity index is 1.98. The monoisotopic (exact) mass is 252 g/mol. The lowest BCUT2D eigenvalue weighted by Crippen LogP contribution is -2.22. The number of hydrogen-bond donors (Lipinski definition) is 0. The first-order valence-electron chi connectivity index (χ1n) is 5.31. The maximum atomic E-state index is 12.4. The molecule has 16 heavy (non-hydrogen) atoms. The maximum absolute atomic E-state index is 12.4. The van der Waals surface area contributed by atoms with Gasteiger partial charge in [-0.2, -0.15) is 0 Å². The topological polar surface area (TPSA) is 34.1 Å². The highest BCUT2D eigenvalue weighted by Crippen LogP contribution is 2.48. The quantitative estimate of drug-likeness (QED) is 0.758. The van der Waals surface area contributed by atoms with E-state index in [1.54, 1.807) is 36.0 Å². The molecule has 0 aromatic heterocycles. The SMILES string of the molecule is O=S(=O)(c1ccccc1)[C@H]1S[C@H]2C=C[C@@H]1C2. The molecule has 1 aromatic carbocycles. The van der Waals surface area contributed by atoms with Crippen LogP contribution in [0.4, 0.5) is 0 Å². The lowest BCUT2D eigenvalue weighted by atomic mass is 10.2. The van der Waals surface area contributed by atoms with Crippen LogP contribution in [0, 0.1) is 5.92 Å². The van der Waals surface area contributed by atoms with Crippen molar-refractivity contribution in [1.82, 2.24) is 0 Å². The Bertz CT molecular complexity index is 519. The van der Waals surface area contributed by atoms with E-state index in [1.165, 1.54) is 0 Å². The second-order valence-electron chi connectivity index (χ2n) is 4.19. The van der Waals surface area contributed by atoms with Crippen molar-refractivity contribution in [2.45, 2.75) is 21.1 Å². The van der Waals surface area contributed by atoms with Crippen molar-refractivity contribution in [3.8, 4) is 0 Å². The van der Waals surface area contributed by atoms with Crippen molar-refractivity contribution in [3.63, 3.8) is 0 Å². The number of fused-ring (bicyclic) bond motifs is 2. The second kappa shape index (κ2) is 3.64. The van der Waals surface area contributed by atoms with Gasteiger partial charge in [0.1, 0.15) is 4.58 Å². The molecule has 1 heterocycles. The first kappa shape index (κ1) is 10.4. The van der Waals surface area contributed by atoms with Crippen LogP contribution in [0.1, 0.15) is 6.42 Å². The summed E-state index contributed by atoms with van der Waals surface area (Å²) in [5.74, 6) is 0.209. The van der Waals surface area contributed by atoms with Gasteiger partial charge in [0.25, 0.3) is 0 Å². The minimum absolute atomic E-state index is 0.209. The van der Waals surface area contributed by atoms with Crippen LogP contribution in [-0.2, 0) is 9.84 Å². The maximum Gasteiger partial charge on any atom is 0.191 e. The number of thioether (sulfide) groups is 1. The molecule has 0 unspecified atom stereocenters. The van der Waals surface area contributed by atoms with E-state index in [9.17, 15) is 8.42 Å². The highest BCUT2D eigenvalue weighted by molar-refractivity contribution is 8.14. The average molecular weight is 252 g/mol. The Morgan fingerprint density at radius 2 is 1.88 bits per heavy atom. The van der Waals surface area contributed by atoms with Crippen molar-refractivity contribution < 1.29 is 8.42 Å². The number of hydrogen-bond acceptors (Lipinski definition) is 3. The molecule has 0 radical (unpaired) electrons. The molecule has 2 bridgehead atoms. The predicted molar refractivity (Wildman–Crippen MR) is 66.0 cm³/mol. The molecule has 0 spiro atoms. The smallest absolute Gasteiger partial charge is 0.191 e. The zero-order valence-electron chi connectivity index (χ0n) is 8.61. The van der Waals surface area contributed by atoms with Gasteiger partial charge in [-0.05, 0) is 18.6 Å². The highest BCUT2D eigenvalue weighted by atomic mass is 32.3. The van der Waals surface area contributed by atoms with Crippen LogP contribution in [0.25, 0.3) is 0 Å². The molecule has 0 amide bonds. The van der Waals surface area contributed by atoms with E-state index in [1.807, 2.05) is 6.07 Å². The first-order valence-corrected chi connectivity index (χ1v) is 7.79. The van der Waals surface area contributed by atoms with Gasteiger partial charge in [0, 0.05) is 11.2 Å². The number of allylic oxidation sites excluding steroid dienone is 1. The summed E-state index contributed by atoms with van der Waals surface area (Å²) in [7, 11) is -3.16. The Morgan fingerprint density at radius 3 is 2.44 bits per heavy atom. The van der Waals surface area contributed by atoms with E-state index in [4.69, 9.17) is 0 Å². The molecule has 1 fully saturated rings. The number of rotatable bonds is 2. The molecule has 84 valence electrons. The van der Waals surface area contributed by atoms with E-state index >= 15 is 0 Å². The molecule has 3 atom stereocenters. The van der Waals surface area contributed by atoms with Gasteiger partial charge in [-0.3, -0.25) is 0 Å². The normalized spacial score (nSPS) is 32.1. The minimum atomic E-state index is -3.16. The summed E-state index contributed by atoms with van der Waals surface area (Å²) in [6.45, 7) is 0. The first-order chi connectivity index (χ1) is 7.68. The van der Waals surface area contributed by atoms with Gasteiger partial charge < -0.3 is 0 Å². The molecule has 2 aliphatic rings. The third-order valence-electron chi connectivity index (χ3n) is 3.11. The van der Waals surface area contributed by atoms with Crippen LogP contribution < -0.4 is 0 Å². The summed E-state index contributed by atoms with van der Waals surface area (Å²) in [6.07, 6.45) is 5.18. The van der Waals surface area contributed by atoms with E-state index in [-0.39, 0.29) is 10.5 Å². The van der Waals surface area contributed by atoms with Crippen LogP contribution in [0.15, 0.2) is 47.4 Å². The summed E-state index contributed by atoms with van der Waals surface area (Å²) in [4.78, 5) is 0.452. The van der Waals surface area contributed by atoms with Gasteiger partial charge in [0.15, 0.2) is 9.84 Å². The fourth-order valence-electron chi connectivity index (χ4n) is 2.32. The lowest BCUT2D eigenvalue weighted by Gasteiger charge is -2.17. The van der Waals surface area contributed by atoms with Crippen molar-refractivity contribution >= 4 is 21.6 Å². The van der Waals surface area contributed by atoms with Gasteiger partial charge in [-0.15, -0.1) is 11.8 Å². The van der Waals surface area contributed by atoms with E-state index < -0.39 is 9.84 Å². The predicted octanol–water partition coefficient (Wildman–Crippen LogP) is 2.48. The Hall–Kier alpha value is -0.740. The standard InChI is InChI=1S/C12H12O2S2/c13-16(14,11-4-2-1-3-5-11)12-9-6-7-10(8-9)15-12/h1-7,9-10,12H,8H2/t9-,10+,12-/m1/s1. The summed E-state index contributed by atoms with van der Waals surface area (Å²) in [5.41, 5.74) is 0. The molecule has 0 N–H and O–H groups in total. The van der Waals surface area contributed by atoms with Crippen LogP contribution in [0.3, 0.4) is 0 Å². The van der Waals surface area contributed by atoms with E-state index in [2.05, 4.69) is 12.2 Å².